The maximum Gasteiger partial charge on any atom is 0.416 e. The van der Waals surface area contributed by atoms with E-state index in [1.165, 1.54) is 24.3 Å². The van der Waals surface area contributed by atoms with Crippen LogP contribution in [0.3, 0.4) is 0 Å². The Balaban J connectivity index is 1.55. The molecule has 1 aliphatic rings. The summed E-state index contributed by atoms with van der Waals surface area (Å²) in [6, 6.07) is 10.7. The molecule has 5 nitrogen and oxygen atoms in total. The minimum Gasteiger partial charge on any atom is -0.322 e. The molecule has 4 rings (SSSR count). The van der Waals surface area contributed by atoms with Crippen molar-refractivity contribution in [2.45, 2.75) is 12.7 Å². The zero-order valence-electron chi connectivity index (χ0n) is 16.5. The molecule has 0 bridgehead atoms. The number of imide groups is 1. The van der Waals surface area contributed by atoms with Crippen molar-refractivity contribution >= 4 is 23.4 Å². The second-order valence-corrected chi connectivity index (χ2v) is 7.24. The van der Waals surface area contributed by atoms with E-state index in [1.807, 2.05) is 0 Å². The number of carbonyl (C=O) groups is 3. The maximum absolute atomic E-state index is 13.3. The van der Waals surface area contributed by atoms with Crippen LogP contribution in [0.1, 0.15) is 42.2 Å². The molecule has 3 aromatic carbocycles. The summed E-state index contributed by atoms with van der Waals surface area (Å²) in [5.74, 6) is -4.46. The second kappa shape index (κ2) is 8.12. The Morgan fingerprint density at radius 3 is 2.27 bits per heavy atom. The summed E-state index contributed by atoms with van der Waals surface area (Å²) in [6.07, 6.45) is -4.58. The normalized spacial score (nSPS) is 13.3. The van der Waals surface area contributed by atoms with Gasteiger partial charge in [-0.1, -0.05) is 12.1 Å². The molecule has 0 fully saturated rings. The number of nitrogens with one attached hydrogen (secondary N) is 1. The third-order valence-electron chi connectivity index (χ3n) is 5.01. The molecule has 0 saturated carbocycles. The van der Waals surface area contributed by atoms with Crippen molar-refractivity contribution in [3.05, 3.63) is 100 Å². The second-order valence-electron chi connectivity index (χ2n) is 7.24. The molecule has 1 aliphatic heterocycles. The van der Waals surface area contributed by atoms with Crippen LogP contribution in [0.5, 0.6) is 0 Å². The minimum atomic E-state index is -4.58. The third-order valence-corrected chi connectivity index (χ3v) is 5.01. The molecule has 0 saturated heterocycles. The minimum absolute atomic E-state index is 0.00338. The number of rotatable bonds is 4. The third kappa shape index (κ3) is 4.32. The van der Waals surface area contributed by atoms with Gasteiger partial charge in [0.2, 0.25) is 0 Å². The number of carbonyl (C=O) groups excluding carboxylic acids is 3. The Morgan fingerprint density at radius 1 is 0.848 bits per heavy atom. The van der Waals surface area contributed by atoms with Crippen molar-refractivity contribution in [3.8, 4) is 0 Å². The number of hydrogen-bond acceptors (Lipinski definition) is 3. The fourth-order valence-corrected chi connectivity index (χ4v) is 3.38. The van der Waals surface area contributed by atoms with Crippen molar-refractivity contribution in [2.24, 2.45) is 0 Å². The first kappa shape index (κ1) is 22.1. The molecular formula is C23H13F5N2O3. The highest BCUT2D eigenvalue weighted by atomic mass is 19.4. The number of benzene rings is 3. The lowest BCUT2D eigenvalue weighted by atomic mass is 10.1. The molecule has 0 spiro atoms. The Morgan fingerprint density at radius 2 is 1.58 bits per heavy atom. The largest absolute Gasteiger partial charge is 0.416 e. The maximum atomic E-state index is 13.3. The summed E-state index contributed by atoms with van der Waals surface area (Å²) in [5, 5.41) is 2.35. The van der Waals surface area contributed by atoms with E-state index in [9.17, 15) is 36.3 Å². The van der Waals surface area contributed by atoms with Crippen molar-refractivity contribution in [2.75, 3.05) is 5.32 Å². The van der Waals surface area contributed by atoms with Gasteiger partial charge in [-0.15, -0.1) is 0 Å². The number of fused-ring (bicyclic) bond motifs is 1. The van der Waals surface area contributed by atoms with Crippen LogP contribution in [-0.4, -0.2) is 22.6 Å². The van der Waals surface area contributed by atoms with Crippen molar-refractivity contribution in [1.82, 2.24) is 4.90 Å². The average molecular weight is 460 g/mol. The smallest absolute Gasteiger partial charge is 0.322 e. The van der Waals surface area contributed by atoms with Crippen LogP contribution in [0.4, 0.5) is 27.6 Å². The van der Waals surface area contributed by atoms with Crippen LogP contribution < -0.4 is 5.32 Å². The molecule has 0 atom stereocenters. The molecule has 33 heavy (non-hydrogen) atoms. The molecular weight excluding hydrogens is 447 g/mol. The number of alkyl halides is 3. The van der Waals surface area contributed by atoms with E-state index < -0.39 is 41.1 Å². The molecule has 1 heterocycles. The lowest BCUT2D eigenvalue weighted by Gasteiger charge is -2.15. The fourth-order valence-electron chi connectivity index (χ4n) is 3.38. The Labute approximate surface area is 183 Å². The standard InChI is InChI=1S/C23H13F5N2O3/c24-18-7-5-15(10-19(18)25)29-20(31)13-4-6-16-17(9-13)22(33)30(21(16)32)11-12-2-1-3-14(8-12)23(26,27)28/h1-10H,11H2,(H,29,31). The van der Waals surface area contributed by atoms with Crippen LogP contribution in [0.15, 0.2) is 60.7 Å². The summed E-state index contributed by atoms with van der Waals surface area (Å²) in [6.45, 7) is -0.382. The van der Waals surface area contributed by atoms with Crippen LogP contribution in [0.2, 0.25) is 0 Å². The zero-order valence-corrected chi connectivity index (χ0v) is 16.5. The topological polar surface area (TPSA) is 66.5 Å². The Hall–Kier alpha value is -4.08. The molecule has 10 heteroatoms. The summed E-state index contributed by atoms with van der Waals surface area (Å²) in [4.78, 5) is 38.7. The summed E-state index contributed by atoms with van der Waals surface area (Å²) < 4.78 is 65.2. The van der Waals surface area contributed by atoms with Crippen LogP contribution >= 0.6 is 0 Å². The van der Waals surface area contributed by atoms with Gasteiger partial charge >= 0.3 is 6.18 Å². The number of anilines is 1. The average Bonchev–Trinajstić information content (AvgIpc) is 3.00. The van der Waals surface area contributed by atoms with Crippen LogP contribution in [0, 0.1) is 11.6 Å². The van der Waals surface area contributed by atoms with E-state index in [-0.39, 0.29) is 34.5 Å². The van der Waals surface area contributed by atoms with Gasteiger partial charge in [0.15, 0.2) is 11.6 Å². The summed E-state index contributed by atoms with van der Waals surface area (Å²) >= 11 is 0. The molecule has 0 aromatic heterocycles. The lowest BCUT2D eigenvalue weighted by Crippen LogP contribution is -2.29. The van der Waals surface area contributed by atoms with Gasteiger partial charge < -0.3 is 5.32 Å². The van der Waals surface area contributed by atoms with E-state index in [4.69, 9.17) is 0 Å². The molecule has 168 valence electrons. The number of halogens is 5. The monoisotopic (exact) mass is 460 g/mol. The molecule has 0 radical (unpaired) electrons. The van der Waals surface area contributed by atoms with E-state index >= 15 is 0 Å². The number of amides is 3. The first-order valence-electron chi connectivity index (χ1n) is 9.47. The van der Waals surface area contributed by atoms with Gasteiger partial charge in [0.05, 0.1) is 23.2 Å². The predicted octanol–water partition coefficient (Wildman–Crippen LogP) is 5.03. The van der Waals surface area contributed by atoms with E-state index in [0.717, 1.165) is 41.3 Å². The van der Waals surface area contributed by atoms with Gasteiger partial charge in [-0.25, -0.2) is 8.78 Å². The highest BCUT2D eigenvalue weighted by Gasteiger charge is 2.37. The fraction of sp³-hybridized carbons (Fsp3) is 0.0870. The van der Waals surface area contributed by atoms with Gasteiger partial charge in [0.1, 0.15) is 0 Å². The van der Waals surface area contributed by atoms with Gasteiger partial charge in [-0.3, -0.25) is 19.3 Å². The predicted molar refractivity (Wildman–Crippen MR) is 106 cm³/mol. The van der Waals surface area contributed by atoms with E-state index in [0.29, 0.717) is 0 Å². The molecule has 3 aromatic rings. The Kier molecular flexibility index (Phi) is 5.44. The highest BCUT2D eigenvalue weighted by Crippen LogP contribution is 2.31. The van der Waals surface area contributed by atoms with Gasteiger partial charge in [-0.05, 0) is 48.0 Å². The van der Waals surface area contributed by atoms with Gasteiger partial charge in [0.25, 0.3) is 17.7 Å². The van der Waals surface area contributed by atoms with Crippen LogP contribution in [-0.2, 0) is 12.7 Å². The quantitative estimate of drug-likeness (QED) is 0.439. The first-order valence-corrected chi connectivity index (χ1v) is 9.47. The van der Waals surface area contributed by atoms with Crippen molar-refractivity contribution in [3.63, 3.8) is 0 Å². The molecule has 0 unspecified atom stereocenters. The van der Waals surface area contributed by atoms with Gasteiger partial charge in [0, 0.05) is 17.3 Å². The van der Waals surface area contributed by atoms with Crippen LogP contribution in [0.25, 0.3) is 0 Å². The van der Waals surface area contributed by atoms with Crippen molar-refractivity contribution < 1.29 is 36.3 Å². The summed E-state index contributed by atoms with van der Waals surface area (Å²) in [7, 11) is 0. The van der Waals surface area contributed by atoms with E-state index in [1.54, 1.807) is 0 Å². The molecule has 0 aliphatic carbocycles. The number of nitrogens with zero attached hydrogens (tertiary/aromatic N) is 1. The Bertz CT molecular complexity index is 1300. The first-order chi connectivity index (χ1) is 15.5. The SMILES string of the molecule is O=C(Nc1ccc(F)c(F)c1)c1ccc2c(c1)C(=O)N(Cc1cccc(C(F)(F)F)c1)C2=O. The number of hydrogen-bond donors (Lipinski definition) is 1. The lowest BCUT2D eigenvalue weighted by molar-refractivity contribution is -0.137. The highest BCUT2D eigenvalue weighted by molar-refractivity contribution is 6.22. The van der Waals surface area contributed by atoms with E-state index in [2.05, 4.69) is 5.32 Å². The summed E-state index contributed by atoms with van der Waals surface area (Å²) in [5.41, 5.74) is -0.946. The molecule has 3 amide bonds. The molecule has 1 N–H and O–H groups in total. The zero-order chi connectivity index (χ0) is 23.9. The van der Waals surface area contributed by atoms with Crippen molar-refractivity contribution in [1.29, 1.82) is 0 Å². The van der Waals surface area contributed by atoms with Gasteiger partial charge in [-0.2, -0.15) is 13.2 Å².